The highest BCUT2D eigenvalue weighted by atomic mass is 19.4. The van der Waals surface area contributed by atoms with Gasteiger partial charge in [0.15, 0.2) is 0 Å². The first-order chi connectivity index (χ1) is 8.49. The summed E-state index contributed by atoms with van der Waals surface area (Å²) in [5.41, 5.74) is -0.137. The van der Waals surface area contributed by atoms with Crippen LogP contribution >= 0.6 is 0 Å². The average Bonchev–Trinajstić information content (AvgIpc) is 2.23. The molecule has 1 rings (SSSR count). The van der Waals surface area contributed by atoms with Crippen LogP contribution in [0.5, 0.6) is 0 Å². The molecule has 1 heterocycles. The summed E-state index contributed by atoms with van der Waals surface area (Å²) in [4.78, 5) is 15.0. The molecule has 106 valence electrons. The number of halogens is 3. The molecule has 0 fully saturated rings. The Labute approximate surface area is 108 Å². The summed E-state index contributed by atoms with van der Waals surface area (Å²) in [6.07, 6.45) is -4.39. The van der Waals surface area contributed by atoms with Gasteiger partial charge in [-0.2, -0.15) is 13.2 Å². The molecule has 2 N–H and O–H groups in total. The predicted octanol–water partition coefficient (Wildman–Crippen LogP) is 3.05. The zero-order valence-corrected chi connectivity index (χ0v) is 10.8. The molecule has 7 heteroatoms. The van der Waals surface area contributed by atoms with Crippen molar-refractivity contribution in [3.05, 3.63) is 23.4 Å². The molecule has 0 spiro atoms. The van der Waals surface area contributed by atoms with Gasteiger partial charge in [0.2, 0.25) is 0 Å². The van der Waals surface area contributed by atoms with E-state index >= 15 is 0 Å². The monoisotopic (exact) mass is 276 g/mol. The fourth-order valence-electron chi connectivity index (χ4n) is 1.32. The fourth-order valence-corrected chi connectivity index (χ4v) is 1.32. The minimum Gasteiger partial charge on any atom is -0.478 e. The molecule has 0 amide bonds. The maximum absolute atomic E-state index is 12.1. The first-order valence-electron chi connectivity index (χ1n) is 5.55. The second-order valence-electron chi connectivity index (χ2n) is 5.15. The molecule has 4 nitrogen and oxygen atoms in total. The lowest BCUT2D eigenvalue weighted by atomic mass is 9.91. The summed E-state index contributed by atoms with van der Waals surface area (Å²) in [7, 11) is 0. The zero-order chi connectivity index (χ0) is 14.8. The molecule has 0 aliphatic rings. The van der Waals surface area contributed by atoms with Crippen LogP contribution in [0.25, 0.3) is 0 Å². The van der Waals surface area contributed by atoms with Crippen LogP contribution in [0.1, 0.15) is 36.8 Å². The third-order valence-electron chi connectivity index (χ3n) is 2.31. The Kier molecular flexibility index (Phi) is 4.07. The highest BCUT2D eigenvalue weighted by Crippen LogP contribution is 2.24. The number of anilines is 1. The minimum absolute atomic E-state index is 0.0930. The van der Waals surface area contributed by atoms with Crippen molar-refractivity contribution < 1.29 is 23.1 Å². The molecule has 0 bridgehead atoms. The second-order valence-corrected chi connectivity index (χ2v) is 5.15. The Hall–Kier alpha value is -1.79. The minimum atomic E-state index is -4.39. The Morgan fingerprint density at radius 2 is 1.89 bits per heavy atom. The van der Waals surface area contributed by atoms with Crippen LogP contribution in [0.2, 0.25) is 0 Å². The molecule has 0 aliphatic heterocycles. The van der Waals surface area contributed by atoms with E-state index in [4.69, 9.17) is 5.11 Å². The molecule has 0 unspecified atom stereocenters. The van der Waals surface area contributed by atoms with Gasteiger partial charge < -0.3 is 10.4 Å². The normalized spacial score (nSPS) is 12.3. The maximum Gasteiger partial charge on any atom is 0.405 e. The first-order valence-corrected chi connectivity index (χ1v) is 5.55. The number of nitrogens with one attached hydrogen (secondary N) is 1. The van der Waals surface area contributed by atoms with Gasteiger partial charge in [0.25, 0.3) is 0 Å². The number of rotatable bonds is 3. The van der Waals surface area contributed by atoms with Crippen LogP contribution in [0, 0.1) is 0 Å². The number of pyridine rings is 1. The summed E-state index contributed by atoms with van der Waals surface area (Å²) in [5, 5.41) is 11.0. The van der Waals surface area contributed by atoms with Crippen LogP contribution in [0.3, 0.4) is 0 Å². The molecule has 0 aromatic carbocycles. The Balaban J connectivity index is 3.11. The molecular formula is C12H15F3N2O2. The van der Waals surface area contributed by atoms with Crippen molar-refractivity contribution in [1.82, 2.24) is 4.98 Å². The molecule has 19 heavy (non-hydrogen) atoms. The van der Waals surface area contributed by atoms with Crippen LogP contribution in [0.15, 0.2) is 12.1 Å². The van der Waals surface area contributed by atoms with Crippen LogP contribution in [-0.2, 0) is 5.41 Å². The van der Waals surface area contributed by atoms with Crippen molar-refractivity contribution >= 4 is 11.8 Å². The van der Waals surface area contributed by atoms with Gasteiger partial charge in [0, 0.05) is 11.1 Å². The van der Waals surface area contributed by atoms with Gasteiger partial charge in [-0.3, -0.25) is 0 Å². The number of carboxylic acids is 1. The van der Waals surface area contributed by atoms with Crippen molar-refractivity contribution in [2.45, 2.75) is 32.4 Å². The van der Waals surface area contributed by atoms with Gasteiger partial charge in [-0.15, -0.1) is 0 Å². The van der Waals surface area contributed by atoms with E-state index in [0.29, 0.717) is 5.69 Å². The molecular weight excluding hydrogens is 261 g/mol. The highest BCUT2D eigenvalue weighted by molar-refractivity contribution is 5.88. The number of aromatic carboxylic acids is 1. The van der Waals surface area contributed by atoms with E-state index in [0.717, 1.165) is 6.07 Å². The second kappa shape index (κ2) is 5.07. The van der Waals surface area contributed by atoms with E-state index in [9.17, 15) is 18.0 Å². The zero-order valence-electron chi connectivity index (χ0n) is 10.8. The lowest BCUT2D eigenvalue weighted by Crippen LogP contribution is -2.23. The first kappa shape index (κ1) is 15.3. The number of hydrogen-bond acceptors (Lipinski definition) is 3. The molecule has 0 atom stereocenters. The van der Waals surface area contributed by atoms with E-state index in [1.165, 1.54) is 6.07 Å². The maximum atomic E-state index is 12.1. The topological polar surface area (TPSA) is 62.2 Å². The van der Waals surface area contributed by atoms with Crippen molar-refractivity contribution in [1.29, 1.82) is 0 Å². The predicted molar refractivity (Wildman–Crippen MR) is 64.4 cm³/mol. The largest absolute Gasteiger partial charge is 0.478 e. The van der Waals surface area contributed by atoms with Crippen LogP contribution in [-0.4, -0.2) is 28.8 Å². The number of carbonyl (C=O) groups is 1. The van der Waals surface area contributed by atoms with Gasteiger partial charge in [-0.25, -0.2) is 9.78 Å². The smallest absolute Gasteiger partial charge is 0.405 e. The van der Waals surface area contributed by atoms with Crippen LogP contribution in [0.4, 0.5) is 19.0 Å². The SMILES string of the molecule is CC(C)(C)c1cc(C(=O)O)cc(NCC(F)(F)F)n1. The highest BCUT2D eigenvalue weighted by Gasteiger charge is 2.27. The van der Waals surface area contributed by atoms with Crippen molar-refractivity contribution in [3.8, 4) is 0 Å². The van der Waals surface area contributed by atoms with Crippen LogP contribution < -0.4 is 5.32 Å². The molecule has 0 aliphatic carbocycles. The van der Waals surface area contributed by atoms with Gasteiger partial charge in [-0.05, 0) is 12.1 Å². The van der Waals surface area contributed by atoms with E-state index < -0.39 is 24.1 Å². The fraction of sp³-hybridized carbons (Fsp3) is 0.500. The summed E-state index contributed by atoms with van der Waals surface area (Å²) in [6.45, 7) is 4.14. The number of carboxylic acid groups (broad SMARTS) is 1. The molecule has 0 saturated carbocycles. The third-order valence-corrected chi connectivity index (χ3v) is 2.31. The van der Waals surface area contributed by atoms with Crippen molar-refractivity contribution in [2.75, 3.05) is 11.9 Å². The number of aromatic nitrogens is 1. The van der Waals surface area contributed by atoms with Gasteiger partial charge in [0.1, 0.15) is 12.4 Å². The van der Waals surface area contributed by atoms with E-state index in [-0.39, 0.29) is 11.4 Å². The van der Waals surface area contributed by atoms with Crippen molar-refractivity contribution in [3.63, 3.8) is 0 Å². The Morgan fingerprint density at radius 3 is 2.32 bits per heavy atom. The van der Waals surface area contributed by atoms with Gasteiger partial charge in [-0.1, -0.05) is 20.8 Å². The third kappa shape index (κ3) is 4.76. The van der Waals surface area contributed by atoms with E-state index in [1.807, 2.05) is 0 Å². The lowest BCUT2D eigenvalue weighted by Gasteiger charge is -2.19. The van der Waals surface area contributed by atoms with E-state index in [2.05, 4.69) is 10.3 Å². The number of nitrogens with zero attached hydrogens (tertiary/aromatic N) is 1. The lowest BCUT2D eigenvalue weighted by molar-refractivity contribution is -0.115. The van der Waals surface area contributed by atoms with E-state index in [1.54, 1.807) is 20.8 Å². The van der Waals surface area contributed by atoms with Gasteiger partial charge >= 0.3 is 12.1 Å². The van der Waals surface area contributed by atoms with Crippen molar-refractivity contribution in [2.24, 2.45) is 0 Å². The Bertz CT molecular complexity index is 479. The molecule has 0 saturated heterocycles. The number of hydrogen-bond donors (Lipinski definition) is 2. The summed E-state index contributed by atoms with van der Waals surface area (Å²) in [6, 6.07) is 2.45. The Morgan fingerprint density at radius 1 is 1.32 bits per heavy atom. The standard InChI is InChI=1S/C12H15F3N2O2/c1-11(2,3)8-4-7(10(18)19)5-9(17-8)16-6-12(13,14)15/h4-5H,6H2,1-3H3,(H,16,17)(H,18,19). The molecule has 1 aromatic rings. The summed E-state index contributed by atoms with van der Waals surface area (Å²) in [5.74, 6) is -1.30. The average molecular weight is 276 g/mol. The summed E-state index contributed by atoms with van der Waals surface area (Å²) >= 11 is 0. The number of alkyl halides is 3. The summed E-state index contributed by atoms with van der Waals surface area (Å²) < 4.78 is 36.4. The quantitative estimate of drug-likeness (QED) is 0.890. The molecule has 0 radical (unpaired) electrons. The molecule has 1 aromatic heterocycles. The van der Waals surface area contributed by atoms with Gasteiger partial charge in [0.05, 0.1) is 5.56 Å².